The minimum absolute atomic E-state index is 0.397. The van der Waals surface area contributed by atoms with Crippen molar-refractivity contribution in [1.29, 1.82) is 0 Å². The molecule has 0 saturated heterocycles. The fourth-order valence-corrected chi connectivity index (χ4v) is 2.99. The molecule has 1 aromatic carbocycles. The van der Waals surface area contributed by atoms with Crippen LogP contribution in [0, 0.1) is 5.41 Å². The summed E-state index contributed by atoms with van der Waals surface area (Å²) in [6, 6.07) is 6.01. The van der Waals surface area contributed by atoms with Crippen LogP contribution in [0.25, 0.3) is 0 Å². The van der Waals surface area contributed by atoms with Crippen LogP contribution in [-0.4, -0.2) is 5.75 Å². The van der Waals surface area contributed by atoms with E-state index in [2.05, 4.69) is 42.8 Å². The standard InChI is InChI=1S/C12H18BrNS/c1-12(2,3)6-7-15-11-8-9(13)4-5-10(11)14/h4-5,8H,6-7,14H2,1-3H3. The van der Waals surface area contributed by atoms with Gasteiger partial charge in [-0.1, -0.05) is 36.7 Å². The summed E-state index contributed by atoms with van der Waals surface area (Å²) in [4.78, 5) is 1.17. The summed E-state index contributed by atoms with van der Waals surface area (Å²) in [5.74, 6) is 1.12. The maximum atomic E-state index is 5.90. The van der Waals surface area contributed by atoms with Gasteiger partial charge in [-0.15, -0.1) is 11.8 Å². The van der Waals surface area contributed by atoms with E-state index in [0.717, 1.165) is 15.9 Å². The van der Waals surface area contributed by atoms with E-state index in [-0.39, 0.29) is 0 Å². The minimum Gasteiger partial charge on any atom is -0.398 e. The van der Waals surface area contributed by atoms with E-state index in [1.807, 2.05) is 23.9 Å². The SMILES string of the molecule is CC(C)(C)CCSc1cc(Br)ccc1N. The van der Waals surface area contributed by atoms with Crippen LogP contribution in [0.3, 0.4) is 0 Å². The zero-order valence-corrected chi connectivity index (χ0v) is 11.9. The van der Waals surface area contributed by atoms with E-state index in [0.29, 0.717) is 5.41 Å². The van der Waals surface area contributed by atoms with Crippen LogP contribution < -0.4 is 5.73 Å². The number of nitrogens with two attached hydrogens (primary N) is 1. The average molecular weight is 288 g/mol. The fourth-order valence-electron chi connectivity index (χ4n) is 1.10. The summed E-state index contributed by atoms with van der Waals surface area (Å²) in [6.07, 6.45) is 1.20. The first kappa shape index (κ1) is 12.9. The molecule has 0 aliphatic heterocycles. The van der Waals surface area contributed by atoms with Gasteiger partial charge in [-0.2, -0.15) is 0 Å². The molecular formula is C12H18BrNS. The lowest BCUT2D eigenvalue weighted by molar-refractivity contribution is 0.401. The van der Waals surface area contributed by atoms with Crippen LogP contribution in [0.15, 0.2) is 27.6 Å². The second kappa shape index (κ2) is 5.26. The number of halogens is 1. The van der Waals surface area contributed by atoms with Crippen LogP contribution in [-0.2, 0) is 0 Å². The molecule has 0 aliphatic carbocycles. The molecule has 84 valence electrons. The highest BCUT2D eigenvalue weighted by molar-refractivity contribution is 9.10. The molecule has 0 amide bonds. The van der Waals surface area contributed by atoms with Crippen molar-refractivity contribution in [1.82, 2.24) is 0 Å². The van der Waals surface area contributed by atoms with Gasteiger partial charge in [0, 0.05) is 15.1 Å². The van der Waals surface area contributed by atoms with Gasteiger partial charge in [-0.25, -0.2) is 0 Å². The number of hydrogen-bond donors (Lipinski definition) is 1. The van der Waals surface area contributed by atoms with Crippen molar-refractivity contribution in [3.8, 4) is 0 Å². The second-order valence-corrected chi connectivity index (χ2v) is 6.89. The number of thioether (sulfide) groups is 1. The Morgan fingerprint density at radius 2 is 2.00 bits per heavy atom. The summed E-state index contributed by atoms with van der Waals surface area (Å²) < 4.78 is 1.09. The Hall–Kier alpha value is -0.150. The predicted molar refractivity (Wildman–Crippen MR) is 73.4 cm³/mol. The third kappa shape index (κ3) is 4.94. The molecule has 0 radical (unpaired) electrons. The topological polar surface area (TPSA) is 26.0 Å². The van der Waals surface area contributed by atoms with Gasteiger partial charge in [0.2, 0.25) is 0 Å². The monoisotopic (exact) mass is 287 g/mol. The third-order valence-corrected chi connectivity index (χ3v) is 3.65. The number of rotatable bonds is 3. The maximum Gasteiger partial charge on any atom is 0.0453 e. The second-order valence-electron chi connectivity index (χ2n) is 4.84. The highest BCUT2D eigenvalue weighted by Gasteiger charge is 2.10. The van der Waals surface area contributed by atoms with Crippen molar-refractivity contribution in [2.45, 2.75) is 32.1 Å². The largest absolute Gasteiger partial charge is 0.398 e. The van der Waals surface area contributed by atoms with Crippen molar-refractivity contribution in [3.63, 3.8) is 0 Å². The van der Waals surface area contributed by atoms with Crippen LogP contribution in [0.1, 0.15) is 27.2 Å². The predicted octanol–water partition coefficient (Wildman–Crippen LogP) is 4.56. The van der Waals surface area contributed by atoms with Gasteiger partial charge in [0.1, 0.15) is 0 Å². The Morgan fingerprint density at radius 1 is 1.33 bits per heavy atom. The lowest BCUT2D eigenvalue weighted by Crippen LogP contribution is -2.05. The van der Waals surface area contributed by atoms with Crippen molar-refractivity contribution < 1.29 is 0 Å². The van der Waals surface area contributed by atoms with E-state index < -0.39 is 0 Å². The molecule has 0 atom stereocenters. The molecule has 2 N–H and O–H groups in total. The Balaban J connectivity index is 2.54. The normalized spacial score (nSPS) is 11.7. The number of anilines is 1. The van der Waals surface area contributed by atoms with Gasteiger partial charge in [-0.3, -0.25) is 0 Å². The third-order valence-electron chi connectivity index (χ3n) is 2.09. The van der Waals surface area contributed by atoms with Crippen LogP contribution in [0.2, 0.25) is 0 Å². The van der Waals surface area contributed by atoms with Gasteiger partial charge in [0.05, 0.1) is 0 Å². The Kier molecular flexibility index (Phi) is 4.53. The van der Waals surface area contributed by atoms with Gasteiger partial charge in [-0.05, 0) is 35.8 Å². The van der Waals surface area contributed by atoms with Gasteiger partial charge >= 0.3 is 0 Å². The lowest BCUT2D eigenvalue weighted by Gasteiger charge is -2.17. The lowest BCUT2D eigenvalue weighted by atomic mass is 9.94. The number of nitrogen functional groups attached to an aromatic ring is 1. The summed E-state index contributed by atoms with van der Waals surface area (Å²) in [5.41, 5.74) is 7.17. The maximum absolute atomic E-state index is 5.90. The van der Waals surface area contributed by atoms with Crippen molar-refractivity contribution in [3.05, 3.63) is 22.7 Å². The summed E-state index contributed by atoms with van der Waals surface area (Å²) in [7, 11) is 0. The van der Waals surface area contributed by atoms with E-state index in [1.54, 1.807) is 0 Å². The molecule has 0 saturated carbocycles. The van der Waals surface area contributed by atoms with Crippen LogP contribution in [0.4, 0.5) is 5.69 Å². The molecule has 3 heteroatoms. The fraction of sp³-hybridized carbons (Fsp3) is 0.500. The quantitative estimate of drug-likeness (QED) is 0.651. The molecular weight excluding hydrogens is 270 g/mol. The zero-order chi connectivity index (χ0) is 11.5. The first-order chi connectivity index (χ1) is 6.88. The molecule has 0 fully saturated rings. The molecule has 0 aromatic heterocycles. The number of benzene rings is 1. The van der Waals surface area contributed by atoms with Gasteiger partial charge in [0.15, 0.2) is 0 Å². The highest BCUT2D eigenvalue weighted by atomic mass is 79.9. The van der Waals surface area contributed by atoms with Crippen molar-refractivity contribution in [2.75, 3.05) is 11.5 Å². The molecule has 0 aliphatic rings. The summed E-state index contributed by atoms with van der Waals surface area (Å²) >= 11 is 5.29. The molecule has 1 aromatic rings. The van der Waals surface area contributed by atoms with Crippen LogP contribution >= 0.6 is 27.7 Å². The van der Waals surface area contributed by atoms with E-state index in [4.69, 9.17) is 5.73 Å². The van der Waals surface area contributed by atoms with Crippen molar-refractivity contribution in [2.24, 2.45) is 5.41 Å². The molecule has 1 nitrogen and oxygen atoms in total. The zero-order valence-electron chi connectivity index (χ0n) is 9.51. The molecule has 0 heterocycles. The highest BCUT2D eigenvalue weighted by Crippen LogP contribution is 2.31. The van der Waals surface area contributed by atoms with E-state index in [9.17, 15) is 0 Å². The Labute approximate surface area is 105 Å². The minimum atomic E-state index is 0.397. The molecule has 0 spiro atoms. The van der Waals surface area contributed by atoms with Gasteiger partial charge < -0.3 is 5.73 Å². The molecule has 1 rings (SSSR count). The first-order valence-corrected chi connectivity index (χ1v) is 6.84. The summed E-state index contributed by atoms with van der Waals surface area (Å²) in [5, 5.41) is 0. The first-order valence-electron chi connectivity index (χ1n) is 5.06. The Morgan fingerprint density at radius 3 is 2.60 bits per heavy atom. The molecule has 0 bridgehead atoms. The van der Waals surface area contributed by atoms with E-state index >= 15 is 0 Å². The number of hydrogen-bond acceptors (Lipinski definition) is 2. The molecule has 15 heavy (non-hydrogen) atoms. The Bertz CT molecular complexity index is 331. The van der Waals surface area contributed by atoms with Crippen LogP contribution in [0.5, 0.6) is 0 Å². The summed E-state index contributed by atoms with van der Waals surface area (Å²) in [6.45, 7) is 6.79. The van der Waals surface area contributed by atoms with Crippen molar-refractivity contribution >= 4 is 33.4 Å². The average Bonchev–Trinajstić information content (AvgIpc) is 2.09. The smallest absolute Gasteiger partial charge is 0.0453 e. The molecule has 0 unspecified atom stereocenters. The van der Waals surface area contributed by atoms with E-state index in [1.165, 1.54) is 11.3 Å². The van der Waals surface area contributed by atoms with Gasteiger partial charge in [0.25, 0.3) is 0 Å².